The summed E-state index contributed by atoms with van der Waals surface area (Å²) in [5, 5.41) is 6.85. The highest BCUT2D eigenvalue weighted by Crippen LogP contribution is 2.25. The maximum absolute atomic E-state index is 5.41. The Labute approximate surface area is 116 Å². The third-order valence-corrected chi connectivity index (χ3v) is 3.55. The number of hydrogen-bond acceptors (Lipinski definition) is 4. The summed E-state index contributed by atoms with van der Waals surface area (Å²) in [6.07, 6.45) is 0. The molecule has 1 atom stereocenters. The van der Waals surface area contributed by atoms with Crippen LogP contribution in [0.1, 0.15) is 5.56 Å². The fraction of sp³-hybridized carbons (Fsp3) is 0.538. The predicted molar refractivity (Wildman–Crippen MR) is 75.0 cm³/mol. The lowest BCUT2D eigenvalue weighted by Gasteiger charge is -2.24. The van der Waals surface area contributed by atoms with Crippen LogP contribution < -0.4 is 15.4 Å². The van der Waals surface area contributed by atoms with Gasteiger partial charge in [-0.15, -0.1) is 0 Å². The van der Waals surface area contributed by atoms with E-state index < -0.39 is 0 Å². The number of hydrogen-bond donors (Lipinski definition) is 2. The molecule has 0 bridgehead atoms. The van der Waals surface area contributed by atoms with Crippen molar-refractivity contribution in [2.75, 3.05) is 33.4 Å². The molecule has 0 saturated carbocycles. The average Bonchev–Trinajstić information content (AvgIpc) is 2.40. The Kier molecular flexibility index (Phi) is 5.44. The van der Waals surface area contributed by atoms with E-state index in [2.05, 4.69) is 38.7 Å². The zero-order valence-electron chi connectivity index (χ0n) is 10.5. The first kappa shape index (κ1) is 13.8. The van der Waals surface area contributed by atoms with Gasteiger partial charge < -0.3 is 20.1 Å². The number of nitrogens with one attached hydrogen (secondary N) is 2. The van der Waals surface area contributed by atoms with Crippen LogP contribution in [-0.4, -0.2) is 39.5 Å². The molecule has 1 aliphatic heterocycles. The van der Waals surface area contributed by atoms with Crippen molar-refractivity contribution in [3.05, 3.63) is 28.2 Å². The fourth-order valence-corrected chi connectivity index (χ4v) is 2.55. The second kappa shape index (κ2) is 7.09. The number of halogens is 1. The molecule has 1 aromatic carbocycles. The van der Waals surface area contributed by atoms with E-state index >= 15 is 0 Å². The Morgan fingerprint density at radius 2 is 2.44 bits per heavy atom. The summed E-state index contributed by atoms with van der Waals surface area (Å²) >= 11 is 3.49. The van der Waals surface area contributed by atoms with Crippen molar-refractivity contribution >= 4 is 15.9 Å². The topological polar surface area (TPSA) is 42.5 Å². The lowest BCUT2D eigenvalue weighted by Crippen LogP contribution is -2.47. The zero-order chi connectivity index (χ0) is 12.8. The van der Waals surface area contributed by atoms with Crippen molar-refractivity contribution in [1.29, 1.82) is 0 Å². The van der Waals surface area contributed by atoms with Gasteiger partial charge in [0.05, 0.1) is 24.8 Å². The number of rotatable bonds is 5. The molecule has 0 aromatic heterocycles. The van der Waals surface area contributed by atoms with Gasteiger partial charge in [-0.2, -0.15) is 0 Å². The standard InChI is InChI=1S/C13H19BrN2O2/c1-17-13-3-2-10(6-12(13)14)7-15-8-11-9-18-5-4-16-11/h2-3,6,11,15-16H,4-5,7-9H2,1H3. The summed E-state index contributed by atoms with van der Waals surface area (Å²) in [5.41, 5.74) is 1.24. The Morgan fingerprint density at radius 1 is 1.56 bits per heavy atom. The Bertz CT molecular complexity index is 381. The summed E-state index contributed by atoms with van der Waals surface area (Å²) < 4.78 is 11.6. The number of morpholine rings is 1. The van der Waals surface area contributed by atoms with Gasteiger partial charge in [0.1, 0.15) is 5.75 Å². The third kappa shape index (κ3) is 3.95. The van der Waals surface area contributed by atoms with Gasteiger partial charge in [0.15, 0.2) is 0 Å². The lowest BCUT2D eigenvalue weighted by atomic mass is 10.2. The highest BCUT2D eigenvalue weighted by Gasteiger charge is 2.11. The number of benzene rings is 1. The van der Waals surface area contributed by atoms with Gasteiger partial charge in [0.25, 0.3) is 0 Å². The Hall–Kier alpha value is -0.620. The van der Waals surface area contributed by atoms with E-state index in [1.165, 1.54) is 5.56 Å². The minimum Gasteiger partial charge on any atom is -0.496 e. The molecule has 5 heteroatoms. The maximum Gasteiger partial charge on any atom is 0.133 e. The van der Waals surface area contributed by atoms with Crippen molar-refractivity contribution in [3.8, 4) is 5.75 Å². The fourth-order valence-electron chi connectivity index (χ4n) is 1.96. The van der Waals surface area contributed by atoms with E-state index in [1.807, 2.05) is 6.07 Å². The second-order valence-electron chi connectivity index (χ2n) is 4.33. The van der Waals surface area contributed by atoms with Gasteiger partial charge in [0.2, 0.25) is 0 Å². The molecule has 100 valence electrons. The molecule has 0 aliphatic carbocycles. The molecule has 1 heterocycles. The molecular formula is C13H19BrN2O2. The molecule has 1 saturated heterocycles. The van der Waals surface area contributed by atoms with Gasteiger partial charge >= 0.3 is 0 Å². The third-order valence-electron chi connectivity index (χ3n) is 2.93. The van der Waals surface area contributed by atoms with E-state index in [4.69, 9.17) is 9.47 Å². The van der Waals surface area contributed by atoms with Crippen LogP contribution in [0.4, 0.5) is 0 Å². The van der Waals surface area contributed by atoms with E-state index in [-0.39, 0.29) is 0 Å². The van der Waals surface area contributed by atoms with Crippen LogP contribution in [0.2, 0.25) is 0 Å². The van der Waals surface area contributed by atoms with Crippen molar-refractivity contribution in [3.63, 3.8) is 0 Å². The highest BCUT2D eigenvalue weighted by atomic mass is 79.9. The monoisotopic (exact) mass is 314 g/mol. The van der Waals surface area contributed by atoms with E-state index in [1.54, 1.807) is 7.11 Å². The summed E-state index contributed by atoms with van der Waals surface area (Å²) in [6, 6.07) is 6.54. The first-order chi connectivity index (χ1) is 8.79. The summed E-state index contributed by atoms with van der Waals surface area (Å²) in [5.74, 6) is 0.862. The molecule has 1 aliphatic rings. The van der Waals surface area contributed by atoms with Gasteiger partial charge in [-0.25, -0.2) is 0 Å². The Balaban J connectivity index is 1.77. The van der Waals surface area contributed by atoms with Crippen LogP contribution in [-0.2, 0) is 11.3 Å². The molecule has 1 fully saturated rings. The molecule has 4 nitrogen and oxygen atoms in total. The summed E-state index contributed by atoms with van der Waals surface area (Å²) in [6.45, 7) is 4.33. The lowest BCUT2D eigenvalue weighted by molar-refractivity contribution is 0.0766. The van der Waals surface area contributed by atoms with E-state index in [0.717, 1.165) is 43.1 Å². The minimum atomic E-state index is 0.417. The quantitative estimate of drug-likeness (QED) is 0.865. The minimum absolute atomic E-state index is 0.417. The van der Waals surface area contributed by atoms with Crippen LogP contribution in [0.3, 0.4) is 0 Å². The van der Waals surface area contributed by atoms with Crippen LogP contribution >= 0.6 is 15.9 Å². The normalized spacial score (nSPS) is 19.8. The molecule has 1 unspecified atom stereocenters. The SMILES string of the molecule is COc1ccc(CNCC2COCCN2)cc1Br. The van der Waals surface area contributed by atoms with Gasteiger partial charge in [-0.1, -0.05) is 6.07 Å². The largest absolute Gasteiger partial charge is 0.496 e. The molecule has 0 amide bonds. The second-order valence-corrected chi connectivity index (χ2v) is 5.18. The first-order valence-corrected chi connectivity index (χ1v) is 6.93. The molecule has 18 heavy (non-hydrogen) atoms. The van der Waals surface area contributed by atoms with Crippen molar-refractivity contribution in [1.82, 2.24) is 10.6 Å². The summed E-state index contributed by atoms with van der Waals surface area (Å²) in [7, 11) is 1.67. The number of methoxy groups -OCH3 is 1. The highest BCUT2D eigenvalue weighted by molar-refractivity contribution is 9.10. The van der Waals surface area contributed by atoms with Gasteiger partial charge in [-0.05, 0) is 33.6 Å². The smallest absolute Gasteiger partial charge is 0.133 e. The number of ether oxygens (including phenoxy) is 2. The molecule has 0 radical (unpaired) electrons. The van der Waals surface area contributed by atoms with Crippen molar-refractivity contribution in [2.24, 2.45) is 0 Å². The molecular weight excluding hydrogens is 296 g/mol. The molecule has 2 N–H and O–H groups in total. The van der Waals surface area contributed by atoms with Crippen LogP contribution in [0.5, 0.6) is 5.75 Å². The predicted octanol–water partition coefficient (Wildman–Crippen LogP) is 1.54. The summed E-state index contributed by atoms with van der Waals surface area (Å²) in [4.78, 5) is 0. The maximum atomic E-state index is 5.41. The Morgan fingerprint density at radius 3 is 3.11 bits per heavy atom. The first-order valence-electron chi connectivity index (χ1n) is 6.14. The van der Waals surface area contributed by atoms with Crippen LogP contribution in [0.25, 0.3) is 0 Å². The molecule has 1 aromatic rings. The van der Waals surface area contributed by atoms with E-state index in [0.29, 0.717) is 6.04 Å². The van der Waals surface area contributed by atoms with Crippen molar-refractivity contribution in [2.45, 2.75) is 12.6 Å². The molecule has 2 rings (SSSR count). The van der Waals surface area contributed by atoms with Crippen molar-refractivity contribution < 1.29 is 9.47 Å². The van der Waals surface area contributed by atoms with Crippen LogP contribution in [0.15, 0.2) is 22.7 Å². The van der Waals surface area contributed by atoms with E-state index in [9.17, 15) is 0 Å². The van der Waals surface area contributed by atoms with Gasteiger partial charge in [0, 0.05) is 25.7 Å². The van der Waals surface area contributed by atoms with Gasteiger partial charge in [-0.3, -0.25) is 0 Å². The van der Waals surface area contributed by atoms with Crippen LogP contribution in [0, 0.1) is 0 Å². The average molecular weight is 315 g/mol. The zero-order valence-corrected chi connectivity index (χ0v) is 12.1. The molecule has 0 spiro atoms.